The van der Waals surface area contributed by atoms with Crippen LogP contribution in [0.4, 0.5) is 5.69 Å². The standard InChI is InChI=1S/C45H25N5/c1-48-35-20-30(28-47)19-32(23-35)34-22-33(25-37(26-34)50-42-14-5-2-11-38(42)39-12-3-6-15-43(39)50)31-9-8-10-36(24-31)49-44-16-7-4-13-40(44)41-21-29(27-46)17-18-45(41)49/h2-26H. The molecule has 0 aliphatic rings. The van der Waals surface area contributed by atoms with E-state index in [0.29, 0.717) is 16.8 Å². The van der Waals surface area contributed by atoms with E-state index in [-0.39, 0.29) is 0 Å². The number of rotatable bonds is 4. The molecule has 7 aromatic carbocycles. The van der Waals surface area contributed by atoms with Gasteiger partial charge in [0.1, 0.15) is 0 Å². The summed E-state index contributed by atoms with van der Waals surface area (Å²) >= 11 is 0. The lowest BCUT2D eigenvalue weighted by atomic mass is 9.96. The molecule has 0 radical (unpaired) electrons. The second kappa shape index (κ2) is 11.4. The highest BCUT2D eigenvalue weighted by atomic mass is 15.0. The van der Waals surface area contributed by atoms with Gasteiger partial charge in [-0.2, -0.15) is 10.5 Å². The second-order valence-corrected chi connectivity index (χ2v) is 12.4. The Hall–Kier alpha value is -7.39. The van der Waals surface area contributed by atoms with Gasteiger partial charge in [0.05, 0.1) is 46.3 Å². The van der Waals surface area contributed by atoms with Crippen molar-refractivity contribution in [1.82, 2.24) is 9.13 Å². The van der Waals surface area contributed by atoms with Crippen LogP contribution in [0.3, 0.4) is 0 Å². The van der Waals surface area contributed by atoms with Crippen LogP contribution < -0.4 is 0 Å². The highest BCUT2D eigenvalue weighted by molar-refractivity contribution is 6.10. The molecule has 2 heterocycles. The van der Waals surface area contributed by atoms with E-state index in [9.17, 15) is 10.5 Å². The highest BCUT2D eigenvalue weighted by Crippen LogP contribution is 2.38. The normalized spacial score (nSPS) is 11.1. The lowest BCUT2D eigenvalue weighted by molar-refractivity contribution is 1.17. The molecular formula is C45H25N5. The van der Waals surface area contributed by atoms with Crippen molar-refractivity contribution in [3.05, 3.63) is 174 Å². The minimum Gasteiger partial charge on any atom is -0.309 e. The first-order chi connectivity index (χ1) is 24.6. The fourth-order valence-electron chi connectivity index (χ4n) is 7.33. The molecule has 0 atom stereocenters. The molecule has 0 N–H and O–H groups in total. The largest absolute Gasteiger partial charge is 0.309 e. The minimum atomic E-state index is 0.427. The molecular weight excluding hydrogens is 611 g/mol. The fraction of sp³-hybridized carbons (Fsp3) is 0. The van der Waals surface area contributed by atoms with Crippen molar-refractivity contribution in [1.29, 1.82) is 10.5 Å². The van der Waals surface area contributed by atoms with Crippen LogP contribution >= 0.6 is 0 Å². The van der Waals surface area contributed by atoms with E-state index >= 15 is 0 Å². The van der Waals surface area contributed by atoms with Gasteiger partial charge in [0.15, 0.2) is 5.69 Å². The average Bonchev–Trinajstić information content (AvgIpc) is 3.70. The number of aromatic nitrogens is 2. The Labute approximate surface area is 288 Å². The van der Waals surface area contributed by atoms with E-state index < -0.39 is 0 Å². The van der Waals surface area contributed by atoms with Crippen molar-refractivity contribution >= 4 is 49.3 Å². The highest BCUT2D eigenvalue weighted by Gasteiger charge is 2.17. The van der Waals surface area contributed by atoms with Gasteiger partial charge in [0.25, 0.3) is 0 Å². The molecule has 0 amide bonds. The Kier molecular flexibility index (Phi) is 6.56. The summed E-state index contributed by atoms with van der Waals surface area (Å²) in [6.45, 7) is 7.71. The van der Waals surface area contributed by atoms with E-state index in [4.69, 9.17) is 6.57 Å². The molecule has 2 aromatic heterocycles. The summed E-state index contributed by atoms with van der Waals surface area (Å²) in [5, 5.41) is 23.9. The molecule has 0 bridgehead atoms. The number of para-hydroxylation sites is 3. The molecule has 0 spiro atoms. The number of fused-ring (bicyclic) bond motifs is 6. The van der Waals surface area contributed by atoms with Gasteiger partial charge in [-0.15, -0.1) is 0 Å². The van der Waals surface area contributed by atoms with Gasteiger partial charge in [0, 0.05) is 38.5 Å². The van der Waals surface area contributed by atoms with Crippen molar-refractivity contribution in [3.63, 3.8) is 0 Å². The molecule has 5 nitrogen and oxygen atoms in total. The summed E-state index contributed by atoms with van der Waals surface area (Å²) in [7, 11) is 0. The van der Waals surface area contributed by atoms with Crippen molar-refractivity contribution in [3.8, 4) is 45.8 Å². The Morgan fingerprint density at radius 3 is 1.60 bits per heavy atom. The summed E-state index contributed by atoms with van der Waals surface area (Å²) in [5.41, 5.74) is 11.5. The van der Waals surface area contributed by atoms with Crippen LogP contribution in [0.15, 0.2) is 152 Å². The zero-order valence-corrected chi connectivity index (χ0v) is 26.7. The predicted molar refractivity (Wildman–Crippen MR) is 202 cm³/mol. The molecule has 50 heavy (non-hydrogen) atoms. The first-order valence-electron chi connectivity index (χ1n) is 16.2. The maximum atomic E-state index is 9.83. The molecule has 0 saturated carbocycles. The van der Waals surface area contributed by atoms with Crippen molar-refractivity contribution in [2.45, 2.75) is 0 Å². The number of hydrogen-bond donors (Lipinski definition) is 0. The number of hydrogen-bond acceptors (Lipinski definition) is 2. The fourth-order valence-corrected chi connectivity index (χ4v) is 7.33. The van der Waals surface area contributed by atoms with Crippen LogP contribution in [0, 0.1) is 29.2 Å². The quantitative estimate of drug-likeness (QED) is 0.181. The maximum absolute atomic E-state index is 9.83. The topological polar surface area (TPSA) is 61.8 Å². The van der Waals surface area contributed by atoms with Crippen LogP contribution in [-0.2, 0) is 0 Å². The zero-order chi connectivity index (χ0) is 33.8. The summed E-state index contributed by atoms with van der Waals surface area (Å²) < 4.78 is 4.55. The van der Waals surface area contributed by atoms with E-state index in [2.05, 4.69) is 129 Å². The average molecular weight is 636 g/mol. The van der Waals surface area contributed by atoms with Gasteiger partial charge in [-0.3, -0.25) is 0 Å². The molecule has 0 fully saturated rings. The molecule has 0 saturated heterocycles. The molecule has 0 aliphatic heterocycles. The maximum Gasteiger partial charge on any atom is 0.189 e. The lowest BCUT2D eigenvalue weighted by Crippen LogP contribution is -1.97. The first-order valence-corrected chi connectivity index (χ1v) is 16.2. The van der Waals surface area contributed by atoms with Crippen molar-refractivity contribution in [2.24, 2.45) is 0 Å². The number of nitriles is 2. The lowest BCUT2D eigenvalue weighted by Gasteiger charge is -2.15. The third-order valence-electron chi connectivity index (χ3n) is 9.50. The van der Waals surface area contributed by atoms with Crippen LogP contribution in [0.25, 0.3) is 82.1 Å². The summed E-state index contributed by atoms with van der Waals surface area (Å²) in [6.07, 6.45) is 0. The van der Waals surface area contributed by atoms with Gasteiger partial charge in [-0.25, -0.2) is 4.85 Å². The monoisotopic (exact) mass is 635 g/mol. The van der Waals surface area contributed by atoms with Gasteiger partial charge in [-0.1, -0.05) is 66.7 Å². The minimum absolute atomic E-state index is 0.427. The van der Waals surface area contributed by atoms with E-state index in [1.54, 1.807) is 6.07 Å². The van der Waals surface area contributed by atoms with Crippen LogP contribution in [0.1, 0.15) is 11.1 Å². The van der Waals surface area contributed by atoms with Gasteiger partial charge in [-0.05, 0) is 107 Å². The summed E-state index contributed by atoms with van der Waals surface area (Å²) in [4.78, 5) is 3.67. The molecule has 230 valence electrons. The molecule has 0 aliphatic carbocycles. The first kappa shape index (κ1) is 28.8. The van der Waals surface area contributed by atoms with Gasteiger partial charge < -0.3 is 9.13 Å². The van der Waals surface area contributed by atoms with E-state index in [1.807, 2.05) is 42.5 Å². The smallest absolute Gasteiger partial charge is 0.189 e. The van der Waals surface area contributed by atoms with Crippen LogP contribution in [-0.4, -0.2) is 9.13 Å². The third kappa shape index (κ3) is 4.53. The Bertz CT molecular complexity index is 2890. The summed E-state index contributed by atoms with van der Waals surface area (Å²) in [5.74, 6) is 0. The number of benzene rings is 7. The Morgan fingerprint density at radius 1 is 0.420 bits per heavy atom. The molecule has 5 heteroatoms. The van der Waals surface area contributed by atoms with E-state index in [0.717, 1.165) is 66.5 Å². The molecule has 9 rings (SSSR count). The SMILES string of the molecule is [C-]#[N+]c1cc(C#N)cc(-c2cc(-c3cccc(-n4c5ccccc5c5cc(C#N)ccc54)c3)cc(-n3c4ccccc4c4ccccc43)c2)c1. The van der Waals surface area contributed by atoms with Crippen molar-refractivity contribution < 1.29 is 0 Å². The Balaban J connectivity index is 1.31. The summed E-state index contributed by atoms with van der Waals surface area (Å²) in [6, 6.07) is 55.9. The zero-order valence-electron chi connectivity index (χ0n) is 26.7. The van der Waals surface area contributed by atoms with Gasteiger partial charge >= 0.3 is 0 Å². The van der Waals surface area contributed by atoms with Crippen LogP contribution in [0.5, 0.6) is 0 Å². The van der Waals surface area contributed by atoms with Crippen LogP contribution in [0.2, 0.25) is 0 Å². The van der Waals surface area contributed by atoms with Gasteiger partial charge in [0.2, 0.25) is 0 Å². The third-order valence-corrected chi connectivity index (χ3v) is 9.50. The predicted octanol–water partition coefficient (Wildman–Crippen LogP) is 11.5. The second-order valence-electron chi connectivity index (χ2n) is 12.4. The molecule has 9 aromatic rings. The molecule has 0 unspecified atom stereocenters. The van der Waals surface area contributed by atoms with E-state index in [1.165, 1.54) is 10.8 Å². The number of nitrogens with zero attached hydrogens (tertiary/aromatic N) is 5. The Morgan fingerprint density at radius 2 is 0.960 bits per heavy atom. The van der Waals surface area contributed by atoms with Crippen molar-refractivity contribution in [2.75, 3.05) is 0 Å².